The summed E-state index contributed by atoms with van der Waals surface area (Å²) in [5, 5.41) is 4.03. The summed E-state index contributed by atoms with van der Waals surface area (Å²) >= 11 is 0. The Kier molecular flexibility index (Phi) is 2.31. The first-order valence-electron chi connectivity index (χ1n) is 3.61. The van der Waals surface area contributed by atoms with E-state index >= 15 is 0 Å². The van der Waals surface area contributed by atoms with E-state index in [0.29, 0.717) is 5.82 Å². The molecule has 1 aromatic heterocycles. The number of nitrogen functional groups attached to an aromatic ring is 1. The molecule has 0 radical (unpaired) electrons. The van der Waals surface area contributed by atoms with E-state index in [1.54, 1.807) is 6.07 Å². The monoisotopic (exact) mass is 151 g/mol. The van der Waals surface area contributed by atoms with Crippen LogP contribution in [0.5, 0.6) is 0 Å². The molecule has 0 bridgehead atoms. The van der Waals surface area contributed by atoms with E-state index in [0.717, 1.165) is 6.54 Å². The van der Waals surface area contributed by atoms with E-state index in [-0.39, 0.29) is 0 Å². The summed E-state index contributed by atoms with van der Waals surface area (Å²) in [7, 11) is 0. The molecule has 3 nitrogen and oxygen atoms in total. The van der Waals surface area contributed by atoms with Crippen molar-refractivity contribution in [3.05, 3.63) is 23.9 Å². The van der Waals surface area contributed by atoms with Crippen LogP contribution in [0.25, 0.3) is 0 Å². The third-order valence-electron chi connectivity index (χ3n) is 1.35. The molecule has 11 heavy (non-hydrogen) atoms. The van der Waals surface area contributed by atoms with Crippen LogP contribution in [-0.4, -0.2) is 9.78 Å². The van der Waals surface area contributed by atoms with Crippen LogP contribution in [0.4, 0.5) is 5.82 Å². The molecule has 0 spiro atoms. The molecule has 0 atom stereocenters. The maximum Gasteiger partial charge on any atom is 0.145 e. The predicted molar refractivity (Wildman–Crippen MR) is 46.1 cm³/mol. The number of nitrogens with two attached hydrogens (primary N) is 1. The molecular weight excluding hydrogens is 138 g/mol. The molecule has 0 amide bonds. The van der Waals surface area contributed by atoms with E-state index in [1.807, 2.05) is 10.9 Å². The molecule has 1 heterocycles. The predicted octanol–water partition coefficient (Wildman–Crippen LogP) is 1.43. The molecular formula is C8H13N3. The Hall–Kier alpha value is -1.25. The van der Waals surface area contributed by atoms with Gasteiger partial charge in [-0.3, -0.25) is 4.68 Å². The van der Waals surface area contributed by atoms with Gasteiger partial charge in [0.25, 0.3) is 0 Å². The summed E-state index contributed by atoms with van der Waals surface area (Å²) in [5.41, 5.74) is 6.72. The van der Waals surface area contributed by atoms with Gasteiger partial charge in [0.2, 0.25) is 0 Å². The Morgan fingerprint density at radius 2 is 2.45 bits per heavy atom. The van der Waals surface area contributed by atoms with Gasteiger partial charge in [0, 0.05) is 6.20 Å². The summed E-state index contributed by atoms with van der Waals surface area (Å²) in [6.45, 7) is 4.93. The highest BCUT2D eigenvalue weighted by Gasteiger charge is 1.89. The number of aromatic nitrogens is 2. The number of rotatable bonds is 2. The van der Waals surface area contributed by atoms with Crippen LogP contribution in [0.2, 0.25) is 0 Å². The SMILES string of the molecule is CC(C)=CCn1ccc(N)n1. The third-order valence-corrected chi connectivity index (χ3v) is 1.35. The minimum absolute atomic E-state index is 0.576. The maximum absolute atomic E-state index is 5.43. The Labute approximate surface area is 66.5 Å². The van der Waals surface area contributed by atoms with Crippen molar-refractivity contribution in [1.82, 2.24) is 9.78 Å². The van der Waals surface area contributed by atoms with Crippen molar-refractivity contribution in [3.63, 3.8) is 0 Å². The lowest BCUT2D eigenvalue weighted by Gasteiger charge is -1.94. The normalized spacial score (nSPS) is 9.64. The molecule has 0 saturated heterocycles. The third kappa shape index (κ3) is 2.45. The van der Waals surface area contributed by atoms with Gasteiger partial charge in [0.1, 0.15) is 5.82 Å². The molecule has 60 valence electrons. The number of allylic oxidation sites excluding steroid dienone is 2. The molecule has 0 aliphatic heterocycles. The fraction of sp³-hybridized carbons (Fsp3) is 0.375. The van der Waals surface area contributed by atoms with Crippen molar-refractivity contribution in [3.8, 4) is 0 Å². The second-order valence-corrected chi connectivity index (χ2v) is 2.74. The van der Waals surface area contributed by atoms with Crippen molar-refractivity contribution in [2.45, 2.75) is 20.4 Å². The van der Waals surface area contributed by atoms with Gasteiger partial charge in [-0.05, 0) is 19.9 Å². The second-order valence-electron chi connectivity index (χ2n) is 2.74. The quantitative estimate of drug-likeness (QED) is 0.650. The van der Waals surface area contributed by atoms with Gasteiger partial charge in [-0.15, -0.1) is 0 Å². The van der Waals surface area contributed by atoms with Crippen LogP contribution in [0.3, 0.4) is 0 Å². The summed E-state index contributed by atoms with van der Waals surface area (Å²) < 4.78 is 1.81. The Bertz CT molecular complexity index is 256. The number of nitrogens with zero attached hydrogens (tertiary/aromatic N) is 2. The van der Waals surface area contributed by atoms with Crippen LogP contribution < -0.4 is 5.73 Å². The first-order chi connectivity index (χ1) is 5.18. The van der Waals surface area contributed by atoms with Crippen LogP contribution in [-0.2, 0) is 6.54 Å². The van der Waals surface area contributed by atoms with E-state index < -0.39 is 0 Å². The van der Waals surface area contributed by atoms with Crippen molar-refractivity contribution >= 4 is 5.82 Å². The van der Waals surface area contributed by atoms with Gasteiger partial charge in [-0.1, -0.05) is 11.6 Å². The fourth-order valence-corrected chi connectivity index (χ4v) is 0.755. The first kappa shape index (κ1) is 7.85. The van der Waals surface area contributed by atoms with E-state index in [2.05, 4.69) is 25.0 Å². The van der Waals surface area contributed by atoms with Gasteiger partial charge in [-0.2, -0.15) is 5.10 Å². The highest BCUT2D eigenvalue weighted by Crippen LogP contribution is 1.97. The van der Waals surface area contributed by atoms with Gasteiger partial charge in [-0.25, -0.2) is 0 Å². The summed E-state index contributed by atoms with van der Waals surface area (Å²) in [4.78, 5) is 0. The zero-order valence-electron chi connectivity index (χ0n) is 6.91. The molecule has 0 fully saturated rings. The summed E-state index contributed by atoms with van der Waals surface area (Å²) in [5.74, 6) is 0.576. The van der Waals surface area contributed by atoms with Gasteiger partial charge in [0.15, 0.2) is 0 Å². The van der Waals surface area contributed by atoms with E-state index in [4.69, 9.17) is 5.73 Å². The molecule has 0 unspecified atom stereocenters. The zero-order chi connectivity index (χ0) is 8.27. The van der Waals surface area contributed by atoms with Crippen molar-refractivity contribution in [2.75, 3.05) is 5.73 Å². The van der Waals surface area contributed by atoms with Crippen molar-refractivity contribution < 1.29 is 0 Å². The second kappa shape index (κ2) is 3.23. The van der Waals surface area contributed by atoms with Crippen LogP contribution in [0.15, 0.2) is 23.9 Å². The molecule has 2 N–H and O–H groups in total. The van der Waals surface area contributed by atoms with Crippen LogP contribution in [0.1, 0.15) is 13.8 Å². The smallest absolute Gasteiger partial charge is 0.145 e. The van der Waals surface area contributed by atoms with Crippen LogP contribution in [0, 0.1) is 0 Å². The fourth-order valence-electron chi connectivity index (χ4n) is 0.755. The highest BCUT2D eigenvalue weighted by atomic mass is 15.3. The molecule has 0 aliphatic carbocycles. The van der Waals surface area contributed by atoms with Gasteiger partial charge < -0.3 is 5.73 Å². The highest BCUT2D eigenvalue weighted by molar-refractivity contribution is 5.23. The van der Waals surface area contributed by atoms with Gasteiger partial charge in [0.05, 0.1) is 6.54 Å². The lowest BCUT2D eigenvalue weighted by Crippen LogP contribution is -1.97. The molecule has 0 aromatic carbocycles. The van der Waals surface area contributed by atoms with Crippen molar-refractivity contribution in [2.24, 2.45) is 0 Å². The summed E-state index contributed by atoms with van der Waals surface area (Å²) in [6, 6.07) is 1.79. The molecule has 0 aliphatic rings. The molecule has 1 rings (SSSR count). The zero-order valence-corrected chi connectivity index (χ0v) is 6.91. The number of anilines is 1. The van der Waals surface area contributed by atoms with Crippen molar-refractivity contribution in [1.29, 1.82) is 0 Å². The molecule has 1 aromatic rings. The Morgan fingerprint density at radius 3 is 2.91 bits per heavy atom. The minimum atomic E-state index is 0.576. The van der Waals surface area contributed by atoms with Gasteiger partial charge >= 0.3 is 0 Å². The topological polar surface area (TPSA) is 43.8 Å². The minimum Gasteiger partial charge on any atom is -0.382 e. The lowest BCUT2D eigenvalue weighted by molar-refractivity contribution is 0.702. The Morgan fingerprint density at radius 1 is 1.73 bits per heavy atom. The first-order valence-corrected chi connectivity index (χ1v) is 3.61. The molecule has 3 heteroatoms. The average molecular weight is 151 g/mol. The number of hydrogen-bond acceptors (Lipinski definition) is 2. The number of hydrogen-bond donors (Lipinski definition) is 1. The lowest BCUT2D eigenvalue weighted by atomic mass is 10.3. The largest absolute Gasteiger partial charge is 0.382 e. The Balaban J connectivity index is 2.58. The van der Waals surface area contributed by atoms with E-state index in [9.17, 15) is 0 Å². The molecule has 0 saturated carbocycles. The average Bonchev–Trinajstić information content (AvgIpc) is 2.31. The van der Waals surface area contributed by atoms with Crippen LogP contribution >= 0.6 is 0 Å². The summed E-state index contributed by atoms with van der Waals surface area (Å²) in [6.07, 6.45) is 3.97. The maximum atomic E-state index is 5.43. The van der Waals surface area contributed by atoms with E-state index in [1.165, 1.54) is 5.57 Å². The standard InChI is InChI=1S/C8H13N3/c1-7(2)3-5-11-6-4-8(9)10-11/h3-4,6H,5H2,1-2H3,(H2,9,10).